The maximum absolute atomic E-state index is 11.0. The third-order valence-electron chi connectivity index (χ3n) is 3.89. The number of carboxylic acids is 1. The fraction of sp³-hybridized carbons (Fsp3) is 0.222. The number of rotatable bonds is 4. The molecule has 0 aliphatic heterocycles. The molecule has 3 rings (SSSR count). The van der Waals surface area contributed by atoms with Crippen LogP contribution >= 0.6 is 11.6 Å². The third-order valence-corrected chi connectivity index (χ3v) is 4.31. The molecule has 0 spiro atoms. The molecular weight excluding hydrogens is 312 g/mol. The highest BCUT2D eigenvalue weighted by Crippen LogP contribution is 2.29. The average Bonchev–Trinajstić information content (AvgIpc) is 2.85. The molecule has 0 bridgehead atoms. The van der Waals surface area contributed by atoms with E-state index in [4.69, 9.17) is 21.7 Å². The van der Waals surface area contributed by atoms with Gasteiger partial charge in [-0.25, -0.2) is 4.98 Å². The summed E-state index contributed by atoms with van der Waals surface area (Å²) in [6.45, 7) is 3.96. The van der Waals surface area contributed by atoms with E-state index >= 15 is 0 Å². The van der Waals surface area contributed by atoms with Crippen LogP contribution in [0.2, 0.25) is 5.02 Å². The van der Waals surface area contributed by atoms with Gasteiger partial charge in [-0.1, -0.05) is 17.7 Å². The van der Waals surface area contributed by atoms with Crippen molar-refractivity contribution in [3.63, 3.8) is 0 Å². The van der Waals surface area contributed by atoms with Crippen LogP contribution in [0.3, 0.4) is 0 Å². The summed E-state index contributed by atoms with van der Waals surface area (Å²) in [4.78, 5) is 15.7. The van der Waals surface area contributed by atoms with Gasteiger partial charge in [-0.05, 0) is 49.2 Å². The van der Waals surface area contributed by atoms with Crippen LogP contribution in [0.15, 0.2) is 36.5 Å². The normalized spacial score (nSPS) is 11.1. The van der Waals surface area contributed by atoms with E-state index in [-0.39, 0.29) is 6.42 Å². The van der Waals surface area contributed by atoms with Crippen molar-refractivity contribution in [2.75, 3.05) is 0 Å². The summed E-state index contributed by atoms with van der Waals surface area (Å²) < 4.78 is 1.97. The smallest absolute Gasteiger partial charge is 0.303 e. The van der Waals surface area contributed by atoms with Crippen molar-refractivity contribution in [2.24, 2.45) is 0 Å². The second-order valence-corrected chi connectivity index (χ2v) is 6.10. The first kappa shape index (κ1) is 15.6. The largest absolute Gasteiger partial charge is 0.481 e. The lowest BCUT2D eigenvalue weighted by atomic mass is 10.1. The maximum Gasteiger partial charge on any atom is 0.303 e. The van der Waals surface area contributed by atoms with E-state index in [2.05, 4.69) is 0 Å². The average molecular weight is 329 g/mol. The number of aryl methyl sites for hydroxylation is 3. The molecule has 0 fully saturated rings. The Morgan fingerprint density at radius 3 is 2.74 bits per heavy atom. The first-order valence-electron chi connectivity index (χ1n) is 7.41. The lowest BCUT2D eigenvalue weighted by molar-refractivity contribution is -0.136. The van der Waals surface area contributed by atoms with Gasteiger partial charge in [0.1, 0.15) is 5.65 Å². The van der Waals surface area contributed by atoms with E-state index in [1.165, 1.54) is 0 Å². The number of hydrogen-bond acceptors (Lipinski definition) is 2. The van der Waals surface area contributed by atoms with E-state index in [0.717, 1.165) is 33.7 Å². The van der Waals surface area contributed by atoms with Gasteiger partial charge >= 0.3 is 5.97 Å². The van der Waals surface area contributed by atoms with Gasteiger partial charge in [-0.2, -0.15) is 0 Å². The molecule has 4 nitrogen and oxygen atoms in total. The van der Waals surface area contributed by atoms with E-state index in [0.29, 0.717) is 11.4 Å². The zero-order valence-electron chi connectivity index (χ0n) is 13.0. The van der Waals surface area contributed by atoms with Crippen LogP contribution in [0.1, 0.15) is 23.2 Å². The number of pyridine rings is 1. The lowest BCUT2D eigenvalue weighted by Gasteiger charge is -2.06. The molecule has 23 heavy (non-hydrogen) atoms. The molecule has 1 N–H and O–H groups in total. The fourth-order valence-electron chi connectivity index (χ4n) is 2.68. The fourth-order valence-corrected chi connectivity index (χ4v) is 2.80. The van der Waals surface area contributed by atoms with Crippen LogP contribution in [-0.4, -0.2) is 20.5 Å². The molecule has 0 aliphatic carbocycles. The Morgan fingerprint density at radius 1 is 1.26 bits per heavy atom. The van der Waals surface area contributed by atoms with Crippen LogP contribution < -0.4 is 0 Å². The van der Waals surface area contributed by atoms with Crippen molar-refractivity contribution in [2.45, 2.75) is 26.7 Å². The number of aromatic nitrogens is 2. The first-order chi connectivity index (χ1) is 11.0. The molecule has 0 saturated heterocycles. The summed E-state index contributed by atoms with van der Waals surface area (Å²) in [5, 5.41) is 9.73. The minimum atomic E-state index is -0.815. The highest BCUT2D eigenvalue weighted by Gasteiger charge is 2.15. The molecule has 0 saturated carbocycles. The zero-order valence-corrected chi connectivity index (χ0v) is 13.8. The Hall–Kier alpha value is -2.33. The Morgan fingerprint density at radius 2 is 2.04 bits per heavy atom. The number of carbonyl (C=O) groups is 1. The molecule has 0 amide bonds. The van der Waals surface area contributed by atoms with Crippen LogP contribution in [0.4, 0.5) is 0 Å². The highest BCUT2D eigenvalue weighted by atomic mass is 35.5. The minimum absolute atomic E-state index is 0.0707. The first-order valence-corrected chi connectivity index (χ1v) is 7.79. The van der Waals surface area contributed by atoms with Crippen molar-refractivity contribution < 1.29 is 9.90 Å². The standard InChI is InChI=1S/C18H17ClN2O2/c1-11-7-8-21-15(5-6-17(22)23)18(20-16(21)9-11)13-3-4-14(19)12(2)10-13/h3-4,7-10H,5-6H2,1-2H3,(H,22,23). The summed E-state index contributed by atoms with van der Waals surface area (Å²) >= 11 is 6.11. The van der Waals surface area contributed by atoms with Gasteiger partial charge in [-0.15, -0.1) is 0 Å². The van der Waals surface area contributed by atoms with Gasteiger partial charge in [-0.3, -0.25) is 4.79 Å². The predicted octanol–water partition coefficient (Wildman–Crippen LogP) is 4.29. The molecular formula is C18H17ClN2O2. The number of fused-ring (bicyclic) bond motifs is 1. The highest BCUT2D eigenvalue weighted by molar-refractivity contribution is 6.31. The van der Waals surface area contributed by atoms with Gasteiger partial charge in [0, 0.05) is 23.2 Å². The molecule has 118 valence electrons. The van der Waals surface area contributed by atoms with Crippen molar-refractivity contribution in [3.8, 4) is 11.3 Å². The molecule has 0 unspecified atom stereocenters. The molecule has 1 aromatic carbocycles. The van der Waals surface area contributed by atoms with Gasteiger partial charge in [0.15, 0.2) is 0 Å². The number of imidazole rings is 1. The molecule has 0 radical (unpaired) electrons. The minimum Gasteiger partial charge on any atom is -0.481 e. The topological polar surface area (TPSA) is 54.6 Å². The summed E-state index contributed by atoms with van der Waals surface area (Å²) in [6.07, 6.45) is 2.44. The van der Waals surface area contributed by atoms with E-state index in [1.807, 2.05) is 54.8 Å². The molecule has 3 aromatic rings. The SMILES string of the molecule is Cc1ccn2c(CCC(=O)O)c(-c3ccc(Cl)c(C)c3)nc2c1. The number of benzene rings is 1. The van der Waals surface area contributed by atoms with E-state index < -0.39 is 5.97 Å². The third kappa shape index (κ3) is 3.08. The van der Waals surface area contributed by atoms with Gasteiger partial charge in [0.2, 0.25) is 0 Å². The van der Waals surface area contributed by atoms with Crippen molar-refractivity contribution in [3.05, 3.63) is 58.4 Å². The van der Waals surface area contributed by atoms with Crippen molar-refractivity contribution in [1.82, 2.24) is 9.38 Å². The molecule has 0 atom stereocenters. The maximum atomic E-state index is 11.0. The Balaban J connectivity index is 2.18. The Bertz CT molecular complexity index is 899. The van der Waals surface area contributed by atoms with Crippen LogP contribution in [0, 0.1) is 13.8 Å². The van der Waals surface area contributed by atoms with Crippen LogP contribution in [0.5, 0.6) is 0 Å². The summed E-state index contributed by atoms with van der Waals surface area (Å²) in [5.74, 6) is -0.815. The van der Waals surface area contributed by atoms with E-state index in [1.54, 1.807) is 0 Å². The predicted molar refractivity (Wildman–Crippen MR) is 91.1 cm³/mol. The Kier molecular flexibility index (Phi) is 4.09. The number of hydrogen-bond donors (Lipinski definition) is 1. The monoisotopic (exact) mass is 328 g/mol. The summed E-state index contributed by atoms with van der Waals surface area (Å²) in [5.41, 5.74) is 5.59. The number of nitrogens with zero attached hydrogens (tertiary/aromatic N) is 2. The van der Waals surface area contributed by atoms with Gasteiger partial charge in [0.25, 0.3) is 0 Å². The Labute approximate surface area is 139 Å². The molecule has 0 aliphatic rings. The second kappa shape index (κ2) is 6.05. The molecule has 5 heteroatoms. The van der Waals surface area contributed by atoms with Gasteiger partial charge in [0.05, 0.1) is 17.8 Å². The second-order valence-electron chi connectivity index (χ2n) is 5.70. The zero-order chi connectivity index (χ0) is 16.6. The van der Waals surface area contributed by atoms with E-state index in [9.17, 15) is 4.79 Å². The molecule has 2 aromatic heterocycles. The quantitative estimate of drug-likeness (QED) is 0.777. The number of carboxylic acid groups (broad SMARTS) is 1. The van der Waals surface area contributed by atoms with Crippen molar-refractivity contribution in [1.29, 1.82) is 0 Å². The number of aliphatic carboxylic acids is 1. The number of halogens is 1. The van der Waals surface area contributed by atoms with Crippen LogP contribution in [0.25, 0.3) is 16.9 Å². The van der Waals surface area contributed by atoms with Crippen LogP contribution in [-0.2, 0) is 11.2 Å². The van der Waals surface area contributed by atoms with Gasteiger partial charge < -0.3 is 9.51 Å². The molecule has 2 heterocycles. The summed E-state index contributed by atoms with van der Waals surface area (Å²) in [6, 6.07) is 9.75. The van der Waals surface area contributed by atoms with Crippen molar-refractivity contribution >= 4 is 23.2 Å². The lowest BCUT2D eigenvalue weighted by Crippen LogP contribution is -2.01. The summed E-state index contributed by atoms with van der Waals surface area (Å²) in [7, 11) is 0.